The smallest absolute Gasteiger partial charge is 0.206 e. The van der Waals surface area contributed by atoms with E-state index >= 15 is 0 Å². The summed E-state index contributed by atoms with van der Waals surface area (Å²) in [6.07, 6.45) is 0. The van der Waals surface area contributed by atoms with E-state index in [0.29, 0.717) is 11.4 Å². The molecule has 11 aromatic rings. The number of thiophene rings is 1. The molecule has 11 rings (SSSR count). The lowest BCUT2D eigenvalue weighted by Gasteiger charge is -2.15. The maximum Gasteiger partial charge on any atom is 0.206 e. The molecule has 296 valence electrons. The number of phenolic OH excluding ortho intramolecular Hbond substituents is 9. The van der Waals surface area contributed by atoms with E-state index in [1.54, 1.807) is 55.6 Å². The number of nitrogens with zero attached hydrogens (tertiary/aromatic N) is 2. The summed E-state index contributed by atoms with van der Waals surface area (Å²) in [5, 5.41) is 105. The quantitative estimate of drug-likeness (QED) is 0.0473. The topological polar surface area (TPSA) is 192 Å². The van der Waals surface area contributed by atoms with Crippen molar-refractivity contribution in [3.8, 4) is 85.4 Å². The first-order chi connectivity index (χ1) is 29.5. The van der Waals surface area contributed by atoms with Crippen molar-refractivity contribution < 1.29 is 46.0 Å². The Kier molecular flexibility index (Phi) is 7.47. The van der Waals surface area contributed by atoms with Crippen LogP contribution in [0.3, 0.4) is 0 Å². The minimum atomic E-state index is -1.04. The zero-order chi connectivity index (χ0) is 42.2. The second-order valence-electron chi connectivity index (χ2n) is 15.0. The monoisotopic (exact) mass is 822 g/mol. The van der Waals surface area contributed by atoms with Crippen LogP contribution in [0.15, 0.2) is 121 Å². The molecule has 0 radical (unpaired) electrons. The first-order valence-electron chi connectivity index (χ1n) is 19.1. The van der Waals surface area contributed by atoms with E-state index < -0.39 is 46.0 Å². The highest BCUT2D eigenvalue weighted by molar-refractivity contribution is 7.26. The van der Waals surface area contributed by atoms with Crippen molar-refractivity contribution in [3.63, 3.8) is 0 Å². The number of aromatic hydroxyl groups is 9. The first-order valence-corrected chi connectivity index (χ1v) is 20.0. The Bertz CT molecular complexity index is 3710. The predicted molar refractivity (Wildman–Crippen MR) is 242 cm³/mol. The van der Waals surface area contributed by atoms with Gasteiger partial charge in [-0.05, 0) is 52.0 Å². The van der Waals surface area contributed by atoms with Crippen molar-refractivity contribution in [3.05, 3.63) is 121 Å². The highest BCUT2D eigenvalue weighted by atomic mass is 32.1. The van der Waals surface area contributed by atoms with E-state index in [1.807, 2.05) is 48.5 Å². The fourth-order valence-electron chi connectivity index (χ4n) is 9.12. The summed E-state index contributed by atoms with van der Waals surface area (Å²) < 4.78 is 5.10. The van der Waals surface area contributed by atoms with E-state index in [2.05, 4.69) is 36.4 Å². The Balaban J connectivity index is 1.28. The molecule has 0 unspecified atom stereocenters. The number of benzene rings is 8. The zero-order valence-electron chi connectivity index (χ0n) is 31.9. The molecule has 0 aliphatic heterocycles. The van der Waals surface area contributed by atoms with Gasteiger partial charge in [0.05, 0.1) is 21.8 Å². The summed E-state index contributed by atoms with van der Waals surface area (Å²) in [5.74, 6) is -7.71. The molecule has 0 aliphatic rings. The number of phenols is 9. The first kappa shape index (κ1) is 36.0. The maximum atomic E-state index is 12.3. The third kappa shape index (κ3) is 4.68. The van der Waals surface area contributed by atoms with E-state index in [1.165, 1.54) is 9.13 Å². The number of rotatable bonds is 4. The number of hydrogen-bond donors (Lipinski definition) is 9. The lowest BCUT2D eigenvalue weighted by molar-refractivity contribution is 0.350. The molecule has 0 atom stereocenters. The molecule has 11 nitrogen and oxygen atoms in total. The molecule has 9 N–H and O–H groups in total. The molecule has 0 amide bonds. The van der Waals surface area contributed by atoms with Crippen LogP contribution in [-0.4, -0.2) is 62.9 Å². The normalized spacial score (nSPS) is 11.9. The van der Waals surface area contributed by atoms with Crippen LogP contribution in [-0.2, 0) is 0 Å². The second kappa shape index (κ2) is 12.7. The third-order valence-electron chi connectivity index (χ3n) is 11.8. The second-order valence-corrected chi connectivity index (χ2v) is 16.1. The van der Waals surface area contributed by atoms with Gasteiger partial charge in [0.25, 0.3) is 0 Å². The summed E-state index contributed by atoms with van der Waals surface area (Å²) in [7, 11) is 1.61. The Morgan fingerprint density at radius 3 is 1.36 bits per heavy atom. The van der Waals surface area contributed by atoms with Crippen LogP contribution in [0.25, 0.3) is 97.4 Å². The Morgan fingerprint density at radius 1 is 0.361 bits per heavy atom. The molecule has 3 heterocycles. The highest BCUT2D eigenvalue weighted by Gasteiger charge is 2.34. The molecular weight excluding hydrogens is 791 g/mol. The van der Waals surface area contributed by atoms with Crippen LogP contribution in [0.5, 0.6) is 51.7 Å². The van der Waals surface area contributed by atoms with E-state index in [-0.39, 0.29) is 54.8 Å². The van der Waals surface area contributed by atoms with Gasteiger partial charge in [0.2, 0.25) is 23.0 Å². The van der Waals surface area contributed by atoms with E-state index in [9.17, 15) is 46.0 Å². The van der Waals surface area contributed by atoms with Crippen molar-refractivity contribution in [2.24, 2.45) is 0 Å². The van der Waals surface area contributed by atoms with Crippen LogP contribution in [0.1, 0.15) is 0 Å². The summed E-state index contributed by atoms with van der Waals surface area (Å²) in [6.45, 7) is 0. The molecule has 8 aromatic carbocycles. The number of aromatic nitrogens is 2. The van der Waals surface area contributed by atoms with Gasteiger partial charge < -0.3 is 55.1 Å². The average Bonchev–Trinajstić information content (AvgIpc) is 3.97. The molecular formula is C48H31BN2O9S. The summed E-state index contributed by atoms with van der Waals surface area (Å²) >= 11 is 1.67. The highest BCUT2D eigenvalue weighted by Crippen LogP contribution is 2.59. The summed E-state index contributed by atoms with van der Waals surface area (Å²) in [5.41, 5.74) is 4.73. The molecule has 0 aliphatic carbocycles. The SMILES string of the molecule is Bc1c(O)c2c(c3c(O)c(O)c(O)c(O)c3n2-c2ccccc2)c2c3c(O)c(O)c(O)c(O)c3n(-c3cccc(-c4cccc5c4sc4c(-c6ccccc6)cccc45)c3)c12. The van der Waals surface area contributed by atoms with Crippen molar-refractivity contribution >= 4 is 88.4 Å². The summed E-state index contributed by atoms with van der Waals surface area (Å²) in [4.78, 5) is 0. The predicted octanol–water partition coefficient (Wildman–Crippen LogP) is 9.19. The van der Waals surface area contributed by atoms with Crippen molar-refractivity contribution in [2.45, 2.75) is 0 Å². The van der Waals surface area contributed by atoms with Gasteiger partial charge >= 0.3 is 0 Å². The van der Waals surface area contributed by atoms with Gasteiger partial charge in [-0.3, -0.25) is 0 Å². The van der Waals surface area contributed by atoms with Crippen LogP contribution in [0.4, 0.5) is 0 Å². The fourth-order valence-corrected chi connectivity index (χ4v) is 10.5. The maximum absolute atomic E-state index is 12.3. The minimum Gasteiger partial charge on any atom is -0.506 e. The molecule has 0 fully saturated rings. The Morgan fingerprint density at radius 2 is 0.787 bits per heavy atom. The van der Waals surface area contributed by atoms with Crippen molar-refractivity contribution in [2.75, 3.05) is 0 Å². The Hall–Kier alpha value is -8.16. The molecule has 0 spiro atoms. The molecule has 0 saturated carbocycles. The number of hydrogen-bond acceptors (Lipinski definition) is 10. The van der Waals surface area contributed by atoms with Crippen LogP contribution in [0, 0.1) is 0 Å². The number of fused-ring (bicyclic) bond motifs is 10. The van der Waals surface area contributed by atoms with Gasteiger partial charge in [-0.15, -0.1) is 11.3 Å². The lowest BCUT2D eigenvalue weighted by Crippen LogP contribution is -2.11. The molecule has 3 aromatic heterocycles. The largest absolute Gasteiger partial charge is 0.506 e. The molecule has 0 bridgehead atoms. The van der Waals surface area contributed by atoms with Crippen LogP contribution in [0.2, 0.25) is 0 Å². The van der Waals surface area contributed by atoms with E-state index in [0.717, 1.165) is 42.4 Å². The summed E-state index contributed by atoms with van der Waals surface area (Å²) in [6, 6.07) is 38.5. The van der Waals surface area contributed by atoms with Gasteiger partial charge in [-0.25, -0.2) is 0 Å². The zero-order valence-corrected chi connectivity index (χ0v) is 32.7. The van der Waals surface area contributed by atoms with Gasteiger partial charge in [-0.2, -0.15) is 0 Å². The van der Waals surface area contributed by atoms with Crippen LogP contribution < -0.4 is 5.46 Å². The fraction of sp³-hybridized carbons (Fsp3) is 0. The van der Waals surface area contributed by atoms with Crippen molar-refractivity contribution in [1.82, 2.24) is 9.13 Å². The average molecular weight is 823 g/mol. The van der Waals surface area contributed by atoms with Crippen molar-refractivity contribution in [1.29, 1.82) is 0 Å². The molecule has 0 saturated heterocycles. The lowest BCUT2D eigenvalue weighted by atomic mass is 9.89. The van der Waals surface area contributed by atoms with Gasteiger partial charge in [0, 0.05) is 42.3 Å². The minimum absolute atomic E-state index is 0.00707. The van der Waals surface area contributed by atoms with Crippen LogP contribution >= 0.6 is 11.3 Å². The van der Waals surface area contributed by atoms with Gasteiger partial charge in [0.1, 0.15) is 24.6 Å². The van der Waals surface area contributed by atoms with Gasteiger partial charge in [-0.1, -0.05) is 97.1 Å². The third-order valence-corrected chi connectivity index (χ3v) is 13.1. The number of para-hydroxylation sites is 1. The van der Waals surface area contributed by atoms with E-state index in [4.69, 9.17) is 0 Å². The molecule has 13 heteroatoms. The molecule has 61 heavy (non-hydrogen) atoms. The Labute approximate surface area is 349 Å². The standard InChI is InChI=1S/C48H31BN2O9S/c49-33-34-29(30-32-36(41(55)45(59)44(58)39(32)53)50(35(30)40(33)54)23-13-5-2-6-14-23)31-37(42(56)46(60)43(57)38(31)52)51(34)24-15-7-12-22(20-24)26-17-9-19-28-27-18-8-16-25(47(27)61-48(26)28)21-10-3-1-4-11-21/h1-20,52-60H,49H2. The van der Waals surface area contributed by atoms with Gasteiger partial charge in [0.15, 0.2) is 23.0 Å².